The third-order valence-corrected chi connectivity index (χ3v) is 5.61. The van der Waals surface area contributed by atoms with Crippen molar-refractivity contribution in [2.24, 2.45) is 4.99 Å². The number of carbonyl (C=O) groups excluding carboxylic acids is 1. The lowest BCUT2D eigenvalue weighted by Gasteiger charge is -2.22. The van der Waals surface area contributed by atoms with Crippen molar-refractivity contribution >= 4 is 23.1 Å². The van der Waals surface area contributed by atoms with E-state index in [2.05, 4.69) is 35.8 Å². The van der Waals surface area contributed by atoms with Gasteiger partial charge in [-0.1, -0.05) is 18.2 Å². The Labute approximate surface area is 184 Å². The summed E-state index contributed by atoms with van der Waals surface area (Å²) in [5.41, 5.74) is 6.24. The lowest BCUT2D eigenvalue weighted by Crippen LogP contribution is -2.45. The molecule has 1 aliphatic heterocycles. The summed E-state index contributed by atoms with van der Waals surface area (Å²) in [6, 6.07) is 10.7. The number of hydrogen-bond acceptors (Lipinski definition) is 5. The Morgan fingerprint density at radius 3 is 3.06 bits per heavy atom. The van der Waals surface area contributed by atoms with Gasteiger partial charge in [-0.05, 0) is 30.5 Å². The molecule has 4 heterocycles. The summed E-state index contributed by atoms with van der Waals surface area (Å²) in [5.74, 6) is 0. The average Bonchev–Trinajstić information content (AvgIpc) is 3.44. The van der Waals surface area contributed by atoms with Gasteiger partial charge in [-0.25, -0.2) is 4.79 Å². The van der Waals surface area contributed by atoms with Crippen LogP contribution in [0.2, 0.25) is 0 Å². The molecule has 0 aliphatic carbocycles. The Hall–Kier alpha value is -3.98. The zero-order chi connectivity index (χ0) is 22.1. The molecule has 0 spiro atoms. The summed E-state index contributed by atoms with van der Waals surface area (Å²) >= 11 is 0. The molecule has 1 unspecified atom stereocenters. The fourth-order valence-electron chi connectivity index (χ4n) is 4.07. The van der Waals surface area contributed by atoms with E-state index in [9.17, 15) is 9.90 Å². The van der Waals surface area contributed by atoms with Crippen LogP contribution in [0.5, 0.6) is 0 Å². The summed E-state index contributed by atoms with van der Waals surface area (Å²) < 4.78 is 0. The van der Waals surface area contributed by atoms with Crippen molar-refractivity contribution < 1.29 is 9.90 Å². The van der Waals surface area contributed by atoms with Crippen molar-refractivity contribution in [3.8, 4) is 11.3 Å². The number of aromatic amines is 2. The van der Waals surface area contributed by atoms with Gasteiger partial charge in [0, 0.05) is 53.1 Å². The van der Waals surface area contributed by atoms with Crippen molar-refractivity contribution in [2.75, 3.05) is 6.61 Å². The summed E-state index contributed by atoms with van der Waals surface area (Å²) in [7, 11) is 0. The van der Waals surface area contributed by atoms with Gasteiger partial charge in [0.2, 0.25) is 0 Å². The van der Waals surface area contributed by atoms with Crippen LogP contribution < -0.4 is 10.6 Å². The minimum Gasteiger partial charge on any atom is -0.394 e. The second-order valence-corrected chi connectivity index (χ2v) is 7.79. The molecule has 2 atom stereocenters. The Kier molecular flexibility index (Phi) is 5.16. The number of rotatable bonds is 5. The Morgan fingerprint density at radius 1 is 1.31 bits per heavy atom. The fourth-order valence-corrected chi connectivity index (χ4v) is 4.07. The second-order valence-electron chi connectivity index (χ2n) is 7.79. The number of nitrogens with zero attached hydrogens (tertiary/aromatic N) is 3. The Bertz CT molecular complexity index is 1310. The molecule has 9 heteroatoms. The minimum absolute atomic E-state index is 0.223. The molecule has 0 radical (unpaired) electrons. The monoisotopic (exact) mass is 429 g/mol. The second kappa shape index (κ2) is 8.27. The van der Waals surface area contributed by atoms with Gasteiger partial charge in [0.05, 0.1) is 18.2 Å². The number of benzene rings is 1. The van der Waals surface area contributed by atoms with E-state index in [0.717, 1.165) is 44.7 Å². The van der Waals surface area contributed by atoms with E-state index >= 15 is 0 Å². The summed E-state index contributed by atoms with van der Waals surface area (Å²) in [5, 5.41) is 24.1. The van der Waals surface area contributed by atoms with Crippen LogP contribution in [-0.2, 0) is 6.42 Å². The van der Waals surface area contributed by atoms with Gasteiger partial charge in [-0.3, -0.25) is 15.1 Å². The highest BCUT2D eigenvalue weighted by Crippen LogP contribution is 2.26. The normalized spacial score (nSPS) is 16.0. The van der Waals surface area contributed by atoms with E-state index in [-0.39, 0.29) is 6.61 Å². The molecule has 0 bridgehead atoms. The van der Waals surface area contributed by atoms with Crippen molar-refractivity contribution in [3.05, 3.63) is 71.3 Å². The number of aliphatic hydroxyl groups is 1. The van der Waals surface area contributed by atoms with Gasteiger partial charge in [0.25, 0.3) is 0 Å². The minimum atomic E-state index is -0.547. The number of para-hydroxylation sites is 1. The molecule has 0 saturated heterocycles. The van der Waals surface area contributed by atoms with Crippen molar-refractivity contribution in [3.63, 3.8) is 0 Å². The quantitative estimate of drug-likeness (QED) is 0.334. The van der Waals surface area contributed by atoms with Gasteiger partial charge in [0.15, 0.2) is 0 Å². The van der Waals surface area contributed by atoms with Crippen LogP contribution in [0, 0.1) is 6.92 Å². The van der Waals surface area contributed by atoms with Gasteiger partial charge >= 0.3 is 6.03 Å². The highest BCUT2D eigenvalue weighted by molar-refractivity contribution is 5.91. The first-order valence-corrected chi connectivity index (χ1v) is 10.4. The molecule has 0 fully saturated rings. The molecular formula is C23H23N7O2. The Balaban J connectivity index is 1.28. The number of H-pyrrole nitrogens is 2. The van der Waals surface area contributed by atoms with E-state index in [1.165, 1.54) is 0 Å². The first-order chi connectivity index (χ1) is 15.6. The van der Waals surface area contributed by atoms with Gasteiger partial charge in [0.1, 0.15) is 11.9 Å². The van der Waals surface area contributed by atoms with E-state index in [1.807, 2.05) is 49.5 Å². The summed E-state index contributed by atoms with van der Waals surface area (Å²) in [6.45, 7) is 1.71. The molecule has 5 N–H and O–H groups in total. The first kappa shape index (κ1) is 20.0. The van der Waals surface area contributed by atoms with Crippen LogP contribution in [0.25, 0.3) is 22.2 Å². The molecule has 9 nitrogen and oxygen atoms in total. The highest BCUT2D eigenvalue weighted by Gasteiger charge is 2.24. The maximum Gasteiger partial charge on any atom is 0.317 e. The fraction of sp³-hybridized carbons (Fsp3) is 0.217. The summed E-state index contributed by atoms with van der Waals surface area (Å²) in [4.78, 5) is 24.5. The molecule has 3 aromatic heterocycles. The molecule has 5 rings (SSSR count). The topological polar surface area (TPSA) is 131 Å². The van der Waals surface area contributed by atoms with Crippen LogP contribution in [0.3, 0.4) is 0 Å². The number of aliphatic imine (C=N–C) groups is 1. The number of urea groups is 1. The summed E-state index contributed by atoms with van der Waals surface area (Å²) in [6.07, 6.45) is 5.39. The highest BCUT2D eigenvalue weighted by atomic mass is 16.3. The number of aliphatic hydroxyl groups excluding tert-OH is 1. The molecule has 1 aliphatic rings. The van der Waals surface area contributed by atoms with E-state index in [0.29, 0.717) is 6.42 Å². The molecule has 4 aromatic rings. The van der Waals surface area contributed by atoms with Crippen LogP contribution in [0.15, 0.2) is 53.8 Å². The zero-order valence-corrected chi connectivity index (χ0v) is 17.5. The number of aryl methyl sites for hydroxylation is 1. The molecule has 2 amide bonds. The smallest absolute Gasteiger partial charge is 0.317 e. The predicted octanol–water partition coefficient (Wildman–Crippen LogP) is 2.60. The van der Waals surface area contributed by atoms with Crippen LogP contribution in [-0.4, -0.2) is 50.3 Å². The van der Waals surface area contributed by atoms with Crippen LogP contribution in [0.1, 0.15) is 28.6 Å². The van der Waals surface area contributed by atoms with Crippen LogP contribution >= 0.6 is 0 Å². The molecule has 32 heavy (non-hydrogen) atoms. The molecule has 162 valence electrons. The maximum atomic E-state index is 12.7. The molecular weight excluding hydrogens is 406 g/mol. The van der Waals surface area contributed by atoms with Gasteiger partial charge < -0.3 is 20.7 Å². The number of amides is 2. The lowest BCUT2D eigenvalue weighted by atomic mass is 10.0. The molecule has 0 saturated carbocycles. The number of hydrogen-bond donors (Lipinski definition) is 5. The van der Waals surface area contributed by atoms with Crippen molar-refractivity contribution in [2.45, 2.75) is 25.6 Å². The van der Waals surface area contributed by atoms with Gasteiger partial charge in [-0.15, -0.1) is 0 Å². The number of pyridine rings is 1. The maximum absolute atomic E-state index is 12.7. The largest absolute Gasteiger partial charge is 0.394 e. The average molecular weight is 429 g/mol. The number of nitrogens with one attached hydrogen (secondary N) is 4. The number of fused-ring (bicyclic) bond motifs is 2. The predicted molar refractivity (Wildman–Crippen MR) is 121 cm³/mol. The van der Waals surface area contributed by atoms with E-state index in [4.69, 9.17) is 0 Å². The zero-order valence-electron chi connectivity index (χ0n) is 17.5. The van der Waals surface area contributed by atoms with Crippen LogP contribution in [0.4, 0.5) is 4.79 Å². The molecule has 1 aromatic carbocycles. The van der Waals surface area contributed by atoms with Crippen molar-refractivity contribution in [1.29, 1.82) is 0 Å². The number of aromatic nitrogens is 4. The third-order valence-electron chi connectivity index (χ3n) is 5.61. The third kappa shape index (κ3) is 3.74. The number of carbonyl (C=O) groups is 1. The van der Waals surface area contributed by atoms with Crippen molar-refractivity contribution in [1.82, 2.24) is 30.8 Å². The SMILES string of the molecule is Cc1cc(-c2n[nH]c3c2C=NC(NC(=O)N[C@H](CO)c2cccc4cc[nH]c24)C3)ccn1. The lowest BCUT2D eigenvalue weighted by molar-refractivity contribution is 0.214. The Morgan fingerprint density at radius 2 is 2.22 bits per heavy atom. The van der Waals surface area contributed by atoms with E-state index in [1.54, 1.807) is 12.4 Å². The van der Waals surface area contributed by atoms with Gasteiger partial charge in [-0.2, -0.15) is 5.10 Å². The standard InChI is InChI=1S/C23H23N7O2/c1-13-9-15(6-7-24-13)22-17-11-26-20(10-18(17)29-30-22)28-23(32)27-19(12-31)16-4-2-3-14-5-8-25-21(14)16/h2-9,11,19-20,25,31H,10,12H2,1H3,(H,29,30)(H2,27,28,32)/t19-,20?/m1/s1. The van der Waals surface area contributed by atoms with E-state index < -0.39 is 18.2 Å². The first-order valence-electron chi connectivity index (χ1n) is 10.4.